The minimum Gasteiger partial charge on any atom is -0.465 e. The number of hydrogen-bond acceptors (Lipinski definition) is 3. The van der Waals surface area contributed by atoms with Crippen LogP contribution in [0.3, 0.4) is 0 Å². The SMILES string of the molecule is CCCC(C(=O)OCC)N(Cc1ccccc1)Cc1cccn1Cc1ccc(C(F)(F)F)cc1. The molecular weight excluding hydrogens is 441 g/mol. The Morgan fingerprint density at radius 3 is 2.26 bits per heavy atom. The van der Waals surface area contributed by atoms with Gasteiger partial charge in [-0.15, -0.1) is 0 Å². The monoisotopic (exact) mass is 472 g/mol. The van der Waals surface area contributed by atoms with E-state index in [1.807, 2.05) is 60.2 Å². The number of benzene rings is 2. The van der Waals surface area contributed by atoms with E-state index in [-0.39, 0.29) is 12.0 Å². The number of esters is 1. The molecule has 1 aromatic heterocycles. The van der Waals surface area contributed by atoms with E-state index in [1.165, 1.54) is 12.1 Å². The van der Waals surface area contributed by atoms with Gasteiger partial charge in [-0.1, -0.05) is 55.8 Å². The van der Waals surface area contributed by atoms with Crippen LogP contribution < -0.4 is 0 Å². The average molecular weight is 473 g/mol. The Morgan fingerprint density at radius 1 is 0.941 bits per heavy atom. The number of rotatable bonds is 11. The second kappa shape index (κ2) is 11.9. The molecule has 34 heavy (non-hydrogen) atoms. The summed E-state index contributed by atoms with van der Waals surface area (Å²) in [6.07, 6.45) is -0.935. The molecule has 0 spiro atoms. The van der Waals surface area contributed by atoms with E-state index in [2.05, 4.69) is 4.90 Å². The Hall–Kier alpha value is -3.06. The summed E-state index contributed by atoms with van der Waals surface area (Å²) >= 11 is 0. The summed E-state index contributed by atoms with van der Waals surface area (Å²) in [4.78, 5) is 14.9. The van der Waals surface area contributed by atoms with Gasteiger partial charge in [0.05, 0.1) is 12.2 Å². The zero-order valence-corrected chi connectivity index (χ0v) is 19.6. The van der Waals surface area contributed by atoms with Gasteiger partial charge in [-0.2, -0.15) is 13.2 Å². The fourth-order valence-corrected chi connectivity index (χ4v) is 4.01. The fourth-order valence-electron chi connectivity index (χ4n) is 4.01. The summed E-state index contributed by atoms with van der Waals surface area (Å²) in [5.41, 5.74) is 2.18. The highest BCUT2D eigenvalue weighted by molar-refractivity contribution is 5.75. The van der Waals surface area contributed by atoms with Crippen molar-refractivity contribution < 1.29 is 22.7 Å². The molecule has 1 atom stereocenters. The average Bonchev–Trinajstić information content (AvgIpc) is 3.24. The predicted molar refractivity (Wildman–Crippen MR) is 126 cm³/mol. The van der Waals surface area contributed by atoms with Crippen molar-refractivity contribution in [2.24, 2.45) is 0 Å². The fraction of sp³-hybridized carbons (Fsp3) is 0.370. The zero-order chi connectivity index (χ0) is 24.6. The first-order valence-corrected chi connectivity index (χ1v) is 11.6. The lowest BCUT2D eigenvalue weighted by Gasteiger charge is -2.30. The van der Waals surface area contributed by atoms with Crippen molar-refractivity contribution in [3.8, 4) is 0 Å². The lowest BCUT2D eigenvalue weighted by atomic mass is 10.1. The van der Waals surface area contributed by atoms with Crippen LogP contribution in [0.5, 0.6) is 0 Å². The second-order valence-corrected chi connectivity index (χ2v) is 8.27. The molecule has 3 aromatic rings. The number of ether oxygens (including phenoxy) is 1. The van der Waals surface area contributed by atoms with E-state index < -0.39 is 11.7 Å². The van der Waals surface area contributed by atoms with Gasteiger partial charge in [0.25, 0.3) is 0 Å². The van der Waals surface area contributed by atoms with Gasteiger partial charge in [-0.3, -0.25) is 9.69 Å². The van der Waals surface area contributed by atoms with Crippen molar-refractivity contribution in [3.63, 3.8) is 0 Å². The highest BCUT2D eigenvalue weighted by Gasteiger charge is 2.30. The van der Waals surface area contributed by atoms with Crippen LogP contribution in [-0.4, -0.2) is 28.1 Å². The van der Waals surface area contributed by atoms with Crippen LogP contribution in [0.4, 0.5) is 13.2 Å². The first kappa shape index (κ1) is 25.6. The number of hydrogen-bond donors (Lipinski definition) is 0. The molecule has 0 aliphatic rings. The van der Waals surface area contributed by atoms with E-state index in [4.69, 9.17) is 4.74 Å². The predicted octanol–water partition coefficient (Wildman–Crippen LogP) is 6.29. The molecule has 1 unspecified atom stereocenters. The minimum atomic E-state index is -4.35. The van der Waals surface area contributed by atoms with E-state index in [0.717, 1.165) is 35.4 Å². The molecule has 0 aliphatic carbocycles. The zero-order valence-electron chi connectivity index (χ0n) is 19.6. The highest BCUT2D eigenvalue weighted by Crippen LogP contribution is 2.29. The largest absolute Gasteiger partial charge is 0.465 e. The number of aromatic nitrogens is 1. The molecule has 3 rings (SSSR count). The Kier molecular flexibility index (Phi) is 8.93. The maximum Gasteiger partial charge on any atom is 0.416 e. The molecule has 2 aromatic carbocycles. The second-order valence-electron chi connectivity index (χ2n) is 8.27. The van der Waals surface area contributed by atoms with Gasteiger partial charge in [-0.25, -0.2) is 0 Å². The molecule has 1 heterocycles. The number of carbonyl (C=O) groups is 1. The maximum atomic E-state index is 12.9. The van der Waals surface area contributed by atoms with Crippen LogP contribution in [0.15, 0.2) is 72.9 Å². The third-order valence-electron chi connectivity index (χ3n) is 5.71. The summed E-state index contributed by atoms with van der Waals surface area (Å²) in [6.45, 7) is 5.69. The number of alkyl halides is 3. The molecule has 0 amide bonds. The summed E-state index contributed by atoms with van der Waals surface area (Å²) in [5, 5.41) is 0. The van der Waals surface area contributed by atoms with Crippen LogP contribution in [-0.2, 0) is 35.3 Å². The van der Waals surface area contributed by atoms with Gasteiger partial charge in [-0.05, 0) is 48.7 Å². The summed E-state index contributed by atoms with van der Waals surface area (Å²) in [5.74, 6) is -0.235. The van der Waals surface area contributed by atoms with Crippen LogP contribution in [0.2, 0.25) is 0 Å². The molecule has 182 valence electrons. The molecule has 0 radical (unpaired) electrons. The van der Waals surface area contributed by atoms with Crippen molar-refractivity contribution in [2.45, 2.75) is 58.5 Å². The smallest absolute Gasteiger partial charge is 0.416 e. The molecular formula is C27H31F3N2O2. The molecule has 0 saturated carbocycles. The molecule has 0 saturated heterocycles. The Bertz CT molecular complexity index is 1030. The molecule has 0 N–H and O–H groups in total. The number of carbonyl (C=O) groups excluding carboxylic acids is 1. The molecule has 7 heteroatoms. The molecule has 4 nitrogen and oxygen atoms in total. The van der Waals surface area contributed by atoms with Crippen LogP contribution in [0.25, 0.3) is 0 Å². The van der Waals surface area contributed by atoms with Gasteiger partial charge >= 0.3 is 12.1 Å². The summed E-state index contributed by atoms with van der Waals surface area (Å²) < 4.78 is 46.1. The maximum absolute atomic E-state index is 12.9. The minimum absolute atomic E-state index is 0.235. The van der Waals surface area contributed by atoms with Crippen LogP contribution in [0, 0.1) is 0 Å². The highest BCUT2D eigenvalue weighted by atomic mass is 19.4. The van der Waals surface area contributed by atoms with Gasteiger partial charge in [0.1, 0.15) is 6.04 Å². The topological polar surface area (TPSA) is 34.5 Å². The van der Waals surface area contributed by atoms with Gasteiger partial charge in [0, 0.05) is 31.5 Å². The first-order valence-electron chi connectivity index (χ1n) is 11.6. The Morgan fingerprint density at radius 2 is 1.65 bits per heavy atom. The van der Waals surface area contributed by atoms with Crippen LogP contribution in [0.1, 0.15) is 49.1 Å². The normalized spacial score (nSPS) is 12.6. The van der Waals surface area contributed by atoms with Gasteiger partial charge in [0.2, 0.25) is 0 Å². The molecule has 0 aliphatic heterocycles. The van der Waals surface area contributed by atoms with E-state index in [9.17, 15) is 18.0 Å². The lowest BCUT2D eigenvalue weighted by Crippen LogP contribution is -2.41. The number of halogens is 3. The molecule has 0 bridgehead atoms. The lowest BCUT2D eigenvalue weighted by molar-refractivity contribution is -0.150. The quantitative estimate of drug-likeness (QED) is 0.308. The van der Waals surface area contributed by atoms with E-state index in [1.54, 1.807) is 6.92 Å². The van der Waals surface area contributed by atoms with Crippen molar-refractivity contribution in [1.29, 1.82) is 0 Å². The van der Waals surface area contributed by atoms with Gasteiger partial charge in [0.15, 0.2) is 0 Å². The standard InChI is InChI=1S/C27H31F3N2O2/c1-3-9-25(26(33)34-4-2)32(19-21-10-6-5-7-11-21)20-24-12-8-17-31(24)18-22-13-15-23(16-14-22)27(28,29)30/h5-8,10-17,25H,3-4,9,18-20H2,1-2H3. The van der Waals surface area contributed by atoms with Gasteiger partial charge < -0.3 is 9.30 Å². The molecule has 0 fully saturated rings. The third-order valence-corrected chi connectivity index (χ3v) is 5.71. The first-order chi connectivity index (χ1) is 16.3. The number of nitrogens with zero attached hydrogens (tertiary/aromatic N) is 2. The van der Waals surface area contributed by atoms with Crippen molar-refractivity contribution in [1.82, 2.24) is 9.47 Å². The third kappa shape index (κ3) is 6.97. The van der Waals surface area contributed by atoms with E-state index >= 15 is 0 Å². The van der Waals surface area contributed by atoms with Crippen molar-refractivity contribution >= 4 is 5.97 Å². The Labute approximate surface area is 199 Å². The summed E-state index contributed by atoms with van der Waals surface area (Å²) in [7, 11) is 0. The van der Waals surface area contributed by atoms with Crippen molar-refractivity contribution in [3.05, 3.63) is 95.3 Å². The van der Waals surface area contributed by atoms with E-state index in [0.29, 0.717) is 32.7 Å². The Balaban J connectivity index is 1.83. The van der Waals surface area contributed by atoms with Crippen LogP contribution >= 0.6 is 0 Å². The summed E-state index contributed by atoms with van der Waals surface area (Å²) in [6, 6.07) is 18.7. The van der Waals surface area contributed by atoms with Crippen molar-refractivity contribution in [2.75, 3.05) is 6.61 Å².